The average molecular weight is 1780 g/mol. The van der Waals surface area contributed by atoms with Gasteiger partial charge in [-0.1, -0.05) is 468 Å². The minimum absolute atomic E-state index is 0.141. The van der Waals surface area contributed by atoms with Crippen LogP contribution in [0, 0.1) is 0 Å². The quantitative estimate of drug-likeness (QED) is 0.0214. The fourth-order valence-electron chi connectivity index (χ4n) is 18.0. The molecular formula is C104H207BF6N2O3P4. The van der Waals surface area contributed by atoms with E-state index < -0.39 is 64.8 Å². The van der Waals surface area contributed by atoms with Crippen LogP contribution in [0.5, 0.6) is 5.75 Å². The van der Waals surface area contributed by atoms with Crippen molar-refractivity contribution in [3.8, 4) is 5.75 Å². The summed E-state index contributed by atoms with van der Waals surface area (Å²) in [6.45, 7) is 28.5. The molecule has 5 nitrogen and oxygen atoms in total. The number of hydrogen-bond acceptors (Lipinski definition) is 3. The van der Waals surface area contributed by atoms with Crippen LogP contribution in [0.4, 0.5) is 26.3 Å². The Morgan fingerprint density at radius 3 is 0.433 bits per heavy atom. The lowest BCUT2D eigenvalue weighted by molar-refractivity contribution is -0.372. The van der Waals surface area contributed by atoms with Crippen molar-refractivity contribution in [1.82, 2.24) is 8.35 Å². The van der Waals surface area contributed by atoms with E-state index in [0.29, 0.717) is 0 Å². The largest absolute Gasteiger partial charge is 0.860 e. The molecule has 16 heteroatoms. The summed E-state index contributed by atoms with van der Waals surface area (Å²) in [6, 6.07) is 0.160. The first kappa shape index (κ1) is 122. The molecule has 0 unspecified atom stereocenters. The maximum Gasteiger partial charge on any atom is 0.416 e. The minimum Gasteiger partial charge on any atom is -0.860 e. The molecule has 0 aliphatic heterocycles. The Kier molecular flexibility index (Phi) is 88.0. The second-order valence-corrected chi connectivity index (χ2v) is 53.2. The molecule has 1 aromatic rings. The number of unbranched alkanes of at least 4 members (excludes halogenated alkanes) is 60. The topological polar surface area (TPSA) is 83.6 Å². The Labute approximate surface area is 747 Å². The number of halogens is 6. The zero-order valence-corrected chi connectivity index (χ0v) is 86.0. The van der Waals surface area contributed by atoms with Gasteiger partial charge in [0.2, 0.25) is 28.2 Å². The normalized spacial score (nSPS) is 12.2. The first-order valence-corrected chi connectivity index (χ1v) is 62.5. The third-order valence-electron chi connectivity index (χ3n) is 25.7. The Morgan fingerprint density at radius 2 is 0.325 bits per heavy atom. The van der Waals surface area contributed by atoms with Crippen LogP contribution < -0.4 is 23.0 Å². The predicted octanol–water partition coefficient (Wildman–Crippen LogP) is 38.0. The van der Waals surface area contributed by atoms with Crippen LogP contribution >= 0.6 is 28.2 Å². The van der Waals surface area contributed by atoms with Crippen molar-refractivity contribution in [3.63, 3.8) is 0 Å². The van der Waals surface area contributed by atoms with Gasteiger partial charge in [-0.25, -0.2) is 0 Å². The van der Waals surface area contributed by atoms with Gasteiger partial charge >= 0.3 is 12.4 Å². The number of nitrogens with zero attached hydrogens (tertiary/aromatic N) is 2. The SMILES string of the molecule is CCCCCCCCP(CCCCCCCC)(CCCCCCCC)=[N+]=P(CCCCCCCC)(CCCCCCCC)CCCCCCCC.CCCCCCCCP(CCCCCCCC)(CCCCCCCC)=[N+]=P(CCCCCCCC)(CCCCCCCC)CCCCCCCC.[O-]B([O-])Oc1cc(C(F)(F)F)cc(C(F)(F)F)c1. The maximum atomic E-state index is 12.3. The fraction of sp³-hybridized carbons (Fsp3) is 0.942. The molecule has 0 spiro atoms. The molecule has 0 bridgehead atoms. The molecule has 0 saturated heterocycles. The van der Waals surface area contributed by atoms with Crippen molar-refractivity contribution >= 4 is 35.5 Å². The van der Waals surface area contributed by atoms with Crippen LogP contribution in [0.2, 0.25) is 0 Å². The molecule has 0 aliphatic carbocycles. The summed E-state index contributed by atoms with van der Waals surface area (Å²) < 4.78 is 91.1. The molecule has 0 radical (unpaired) electrons. The third-order valence-corrected chi connectivity index (χ3v) is 45.5. The van der Waals surface area contributed by atoms with Crippen LogP contribution in [0.1, 0.15) is 557 Å². The van der Waals surface area contributed by atoms with Crippen molar-refractivity contribution < 1.29 is 41.0 Å². The van der Waals surface area contributed by atoms with Gasteiger partial charge in [0.1, 0.15) is 7.32 Å². The summed E-state index contributed by atoms with van der Waals surface area (Å²) in [7, 11) is -8.25. The van der Waals surface area contributed by atoms with E-state index in [9.17, 15) is 36.4 Å². The maximum absolute atomic E-state index is 12.3. The monoisotopic (exact) mass is 1780 g/mol. The summed E-state index contributed by atoms with van der Waals surface area (Å²) >= 11 is 0. The van der Waals surface area contributed by atoms with Crippen LogP contribution in [0.15, 0.2) is 18.2 Å². The highest BCUT2D eigenvalue weighted by atomic mass is 31.2. The van der Waals surface area contributed by atoms with Crippen LogP contribution in [-0.4, -0.2) is 81.3 Å². The first-order valence-electron chi connectivity index (χ1n) is 53.4. The lowest BCUT2D eigenvalue weighted by atomic mass is 10.1. The molecule has 1 rings (SSSR count). The summed E-state index contributed by atoms with van der Waals surface area (Å²) in [4.78, 5) is 0. The van der Waals surface area contributed by atoms with Crippen molar-refractivity contribution in [1.29, 1.82) is 0 Å². The summed E-state index contributed by atoms with van der Waals surface area (Å²) in [5.41, 5.74) is -3.32. The standard InChI is InChI=1S/2C48H102NP2.C8H3BF6O3/c2*1-7-13-19-25-31-37-43-50(44-38-32-26-20-14-8-2,45-39-33-27-21-15-9-3)49-51(46-40-34-28-22-16-10-4,47-41-35-29-23-17-11-5)48-42-36-30-24-18-12-6;10-7(11,12)4-1-5(8(13,14)15)3-6(2-4)18-9(16)17/h2*7-48H2,1-6H3;1-3H/q2*+1;-2. The molecular weight excluding hydrogens is 1570 g/mol. The third kappa shape index (κ3) is 73.5. The Balaban J connectivity index is 0. The van der Waals surface area contributed by atoms with Gasteiger partial charge in [-0.05, 0) is 95.2 Å². The lowest BCUT2D eigenvalue weighted by Crippen LogP contribution is -2.50. The van der Waals surface area contributed by atoms with E-state index in [2.05, 4.69) is 87.7 Å². The minimum atomic E-state index is -5.05. The van der Waals surface area contributed by atoms with Gasteiger partial charge in [-0.2, -0.15) is 34.7 Å². The molecule has 0 saturated carbocycles. The number of benzene rings is 1. The molecule has 0 fully saturated rings. The number of rotatable bonds is 86. The highest BCUT2D eigenvalue weighted by Gasteiger charge is 2.39. The van der Waals surface area contributed by atoms with Gasteiger partial charge in [-0.15, -0.1) is 0 Å². The van der Waals surface area contributed by atoms with E-state index in [1.807, 2.05) is 0 Å². The van der Waals surface area contributed by atoms with Crippen molar-refractivity contribution in [2.24, 2.45) is 0 Å². The smallest absolute Gasteiger partial charge is 0.416 e. The van der Waals surface area contributed by atoms with E-state index in [4.69, 9.17) is 8.35 Å². The molecule has 120 heavy (non-hydrogen) atoms. The van der Waals surface area contributed by atoms with Gasteiger partial charge in [0.05, 0.1) is 16.9 Å². The van der Waals surface area contributed by atoms with E-state index in [0.717, 1.165) is 0 Å². The van der Waals surface area contributed by atoms with Crippen molar-refractivity contribution in [2.45, 2.75) is 558 Å². The van der Waals surface area contributed by atoms with E-state index >= 15 is 0 Å². The summed E-state index contributed by atoms with van der Waals surface area (Å²) in [5.74, 6) is -1.08. The number of hydrogen-bond donors (Lipinski definition) is 0. The van der Waals surface area contributed by atoms with Gasteiger partial charge in [0.15, 0.2) is 0 Å². The molecule has 0 heterocycles. The summed E-state index contributed by atoms with van der Waals surface area (Å²) in [5, 5.41) is 20.2. The van der Waals surface area contributed by atoms with Gasteiger partial charge in [0, 0.05) is 73.9 Å². The number of alkyl halides is 6. The zero-order chi connectivity index (χ0) is 88.9. The van der Waals surface area contributed by atoms with Crippen molar-refractivity contribution in [3.05, 3.63) is 29.3 Å². The Bertz CT molecular complexity index is 2110. The molecule has 1 aromatic carbocycles. The van der Waals surface area contributed by atoms with Gasteiger partial charge in [-0.3, -0.25) is 0 Å². The summed E-state index contributed by atoms with van der Waals surface area (Å²) in [6.07, 6.45) is 112. The van der Waals surface area contributed by atoms with Crippen molar-refractivity contribution in [2.75, 3.05) is 73.9 Å². The highest BCUT2D eigenvalue weighted by Crippen LogP contribution is 2.58. The molecule has 0 amide bonds. The molecule has 0 aromatic heterocycles. The van der Waals surface area contributed by atoms with E-state index in [-0.39, 0.29) is 18.2 Å². The fourth-order valence-corrected chi connectivity index (χ4v) is 41.2. The first-order chi connectivity index (χ1) is 58.1. The molecule has 0 atom stereocenters. The lowest BCUT2D eigenvalue weighted by Gasteiger charge is -2.27. The Hall–Kier alpha value is -0.275. The average Bonchev–Trinajstić information content (AvgIpc) is 0.824. The van der Waals surface area contributed by atoms with E-state index in [1.165, 1.54) is 536 Å². The molecule has 0 N–H and O–H groups in total. The van der Waals surface area contributed by atoms with Crippen LogP contribution in [-0.2, 0) is 12.4 Å². The second kappa shape index (κ2) is 86.7. The Morgan fingerprint density at radius 1 is 0.208 bits per heavy atom. The van der Waals surface area contributed by atoms with Gasteiger partial charge < -0.3 is 14.7 Å². The van der Waals surface area contributed by atoms with Crippen LogP contribution in [0.3, 0.4) is 0 Å². The highest BCUT2D eigenvalue weighted by molar-refractivity contribution is 7.74. The van der Waals surface area contributed by atoms with Crippen LogP contribution in [0.25, 0.3) is 0 Å². The second-order valence-electron chi connectivity index (χ2n) is 37.6. The predicted molar refractivity (Wildman–Crippen MR) is 534 cm³/mol. The molecule has 0 aliphatic rings. The zero-order valence-electron chi connectivity index (χ0n) is 82.4. The van der Waals surface area contributed by atoms with E-state index in [1.54, 1.807) is 0 Å². The van der Waals surface area contributed by atoms with Gasteiger partial charge in [0.25, 0.3) is 0 Å². The molecule has 716 valence electrons.